The molecule has 0 saturated carbocycles. The molecule has 0 aliphatic carbocycles. The first-order chi connectivity index (χ1) is 17.4. The van der Waals surface area contributed by atoms with Crippen molar-refractivity contribution in [1.82, 2.24) is 10.3 Å². The van der Waals surface area contributed by atoms with E-state index in [4.69, 9.17) is 14.5 Å². The number of hydrogen-bond acceptors (Lipinski definition) is 4. The lowest BCUT2D eigenvalue weighted by Gasteiger charge is -2.36. The van der Waals surface area contributed by atoms with Crippen molar-refractivity contribution in [1.29, 1.82) is 0 Å². The molecule has 1 N–H and O–H groups in total. The van der Waals surface area contributed by atoms with Crippen LogP contribution < -0.4 is 14.8 Å². The molecule has 0 aliphatic heterocycles. The van der Waals surface area contributed by atoms with Crippen LogP contribution in [0.3, 0.4) is 0 Å². The van der Waals surface area contributed by atoms with Gasteiger partial charge in [-0.05, 0) is 47.0 Å². The van der Waals surface area contributed by atoms with Gasteiger partial charge in [-0.3, -0.25) is 10.3 Å². The first-order valence-corrected chi connectivity index (χ1v) is 11.8. The summed E-state index contributed by atoms with van der Waals surface area (Å²) in [5, 5.41) is 3.69. The molecule has 0 aliphatic rings. The fraction of sp³-hybridized carbons (Fsp3) is 0.233. The summed E-state index contributed by atoms with van der Waals surface area (Å²) >= 11 is 0. The summed E-state index contributed by atoms with van der Waals surface area (Å²) < 4.78 is 39.6. The van der Waals surface area contributed by atoms with Crippen molar-refractivity contribution in [3.63, 3.8) is 0 Å². The van der Waals surface area contributed by atoms with Gasteiger partial charge in [0, 0.05) is 31.6 Å². The van der Waals surface area contributed by atoms with E-state index in [2.05, 4.69) is 5.32 Å². The van der Waals surface area contributed by atoms with E-state index in [0.29, 0.717) is 30.0 Å². The molecule has 1 heterocycles. The maximum Gasteiger partial charge on any atom is 0.270 e. The fourth-order valence-corrected chi connectivity index (χ4v) is 4.41. The third-order valence-electron chi connectivity index (χ3n) is 6.32. The van der Waals surface area contributed by atoms with E-state index >= 15 is 0 Å². The van der Waals surface area contributed by atoms with Crippen molar-refractivity contribution < 1.29 is 18.3 Å². The number of alkyl halides is 2. The monoisotopic (exact) mass is 488 g/mol. The quantitative estimate of drug-likeness (QED) is 0.277. The van der Waals surface area contributed by atoms with E-state index in [0.717, 1.165) is 23.7 Å². The van der Waals surface area contributed by atoms with Crippen LogP contribution in [0.1, 0.15) is 34.9 Å². The van der Waals surface area contributed by atoms with Crippen LogP contribution in [0.2, 0.25) is 0 Å². The maximum absolute atomic E-state index is 14.4. The molecule has 3 aromatic carbocycles. The third kappa shape index (κ3) is 5.55. The topological polar surface area (TPSA) is 43.4 Å². The van der Waals surface area contributed by atoms with Crippen molar-refractivity contribution in [3.05, 3.63) is 125 Å². The fourth-order valence-electron chi connectivity index (χ4n) is 4.41. The first-order valence-electron chi connectivity index (χ1n) is 11.8. The SMILES string of the molecule is COc1ccc(CNC(Cc2ccccc2)(c2cccc(C(C)(F)F)c2)c2ccccn2)cc1OC. The van der Waals surface area contributed by atoms with Crippen LogP contribution in [0.25, 0.3) is 0 Å². The highest BCUT2D eigenvalue weighted by Crippen LogP contribution is 2.37. The predicted molar refractivity (Wildman–Crippen MR) is 138 cm³/mol. The van der Waals surface area contributed by atoms with Gasteiger partial charge in [-0.1, -0.05) is 60.7 Å². The van der Waals surface area contributed by atoms with Gasteiger partial charge in [-0.25, -0.2) is 8.78 Å². The van der Waals surface area contributed by atoms with Crippen LogP contribution in [0, 0.1) is 0 Å². The van der Waals surface area contributed by atoms with Crippen molar-refractivity contribution in [2.75, 3.05) is 14.2 Å². The van der Waals surface area contributed by atoms with Gasteiger partial charge in [-0.15, -0.1) is 0 Å². The summed E-state index contributed by atoms with van der Waals surface area (Å²) in [4.78, 5) is 4.69. The Labute approximate surface area is 210 Å². The van der Waals surface area contributed by atoms with E-state index in [1.54, 1.807) is 32.5 Å². The highest BCUT2D eigenvalue weighted by Gasteiger charge is 2.37. The number of halogens is 2. The van der Waals surface area contributed by atoms with Crippen LogP contribution in [-0.2, 0) is 24.4 Å². The second kappa shape index (κ2) is 10.9. The van der Waals surface area contributed by atoms with E-state index in [9.17, 15) is 8.78 Å². The van der Waals surface area contributed by atoms with Gasteiger partial charge in [0.2, 0.25) is 0 Å². The smallest absolute Gasteiger partial charge is 0.270 e. The van der Waals surface area contributed by atoms with Crippen molar-refractivity contribution in [2.45, 2.75) is 31.4 Å². The normalized spacial score (nSPS) is 13.1. The van der Waals surface area contributed by atoms with Crippen LogP contribution in [0.4, 0.5) is 8.78 Å². The Balaban J connectivity index is 1.85. The third-order valence-corrected chi connectivity index (χ3v) is 6.32. The minimum atomic E-state index is -2.97. The molecule has 1 atom stereocenters. The lowest BCUT2D eigenvalue weighted by atomic mass is 9.79. The van der Waals surface area contributed by atoms with E-state index < -0.39 is 11.5 Å². The predicted octanol–water partition coefficient (Wildman–Crippen LogP) is 6.49. The Morgan fingerprint density at radius 2 is 1.47 bits per heavy atom. The molecule has 36 heavy (non-hydrogen) atoms. The van der Waals surface area contributed by atoms with Gasteiger partial charge >= 0.3 is 0 Å². The molecule has 4 rings (SSSR count). The van der Waals surface area contributed by atoms with Crippen molar-refractivity contribution in [2.24, 2.45) is 0 Å². The Bertz CT molecular complexity index is 1280. The Kier molecular flexibility index (Phi) is 7.65. The summed E-state index contributed by atoms with van der Waals surface area (Å²) in [6.07, 6.45) is 2.24. The van der Waals surface area contributed by atoms with E-state index in [-0.39, 0.29) is 5.56 Å². The lowest BCUT2D eigenvalue weighted by molar-refractivity contribution is 0.0173. The molecule has 6 heteroatoms. The standard InChI is InChI=1S/C30H30F2N2O2/c1-29(31,32)24-12-9-13-25(19-24)30(28-14-7-8-17-33-28,20-22-10-5-4-6-11-22)34-21-23-15-16-26(35-2)27(18-23)36-3/h4-19,34H,20-21H2,1-3H3. The number of aromatic nitrogens is 1. The molecule has 0 bridgehead atoms. The molecule has 1 aromatic heterocycles. The Morgan fingerprint density at radius 1 is 0.750 bits per heavy atom. The Morgan fingerprint density at radius 3 is 2.14 bits per heavy atom. The van der Waals surface area contributed by atoms with Crippen molar-refractivity contribution >= 4 is 0 Å². The van der Waals surface area contributed by atoms with E-state index in [1.807, 2.05) is 72.8 Å². The van der Waals surface area contributed by atoms with Crippen LogP contribution in [0.5, 0.6) is 11.5 Å². The second-order valence-corrected chi connectivity index (χ2v) is 8.79. The largest absolute Gasteiger partial charge is 0.493 e. The van der Waals surface area contributed by atoms with Crippen LogP contribution in [-0.4, -0.2) is 19.2 Å². The minimum Gasteiger partial charge on any atom is -0.493 e. The van der Waals surface area contributed by atoms with Gasteiger partial charge in [0.15, 0.2) is 11.5 Å². The zero-order valence-corrected chi connectivity index (χ0v) is 20.7. The number of ether oxygens (including phenoxy) is 2. The van der Waals surface area contributed by atoms with Gasteiger partial charge < -0.3 is 9.47 Å². The minimum absolute atomic E-state index is 0.0405. The highest BCUT2D eigenvalue weighted by molar-refractivity contribution is 5.44. The number of rotatable bonds is 10. The molecule has 0 saturated heterocycles. The molecule has 4 nitrogen and oxygen atoms in total. The number of benzene rings is 3. The summed E-state index contributed by atoms with van der Waals surface area (Å²) in [7, 11) is 3.19. The van der Waals surface area contributed by atoms with Crippen LogP contribution in [0.15, 0.2) is 97.2 Å². The van der Waals surface area contributed by atoms with E-state index in [1.165, 1.54) is 6.07 Å². The average Bonchev–Trinajstić information content (AvgIpc) is 2.91. The molecule has 0 spiro atoms. The molecule has 0 radical (unpaired) electrons. The summed E-state index contributed by atoms with van der Waals surface area (Å²) in [5.74, 6) is -1.71. The summed E-state index contributed by atoms with van der Waals surface area (Å²) in [5.41, 5.74) is 2.54. The van der Waals surface area contributed by atoms with Gasteiger partial charge in [0.25, 0.3) is 5.92 Å². The lowest BCUT2D eigenvalue weighted by Crippen LogP contribution is -2.46. The highest BCUT2D eigenvalue weighted by atomic mass is 19.3. The second-order valence-electron chi connectivity index (χ2n) is 8.79. The summed E-state index contributed by atoms with van der Waals surface area (Å²) in [6.45, 7) is 1.36. The van der Waals surface area contributed by atoms with Gasteiger partial charge in [-0.2, -0.15) is 0 Å². The maximum atomic E-state index is 14.4. The summed E-state index contributed by atoms with van der Waals surface area (Å²) in [6, 6.07) is 28.0. The molecular weight excluding hydrogens is 458 g/mol. The number of nitrogens with one attached hydrogen (secondary N) is 1. The number of pyridine rings is 1. The molecule has 0 fully saturated rings. The molecule has 4 aromatic rings. The zero-order chi connectivity index (χ0) is 25.6. The number of hydrogen-bond donors (Lipinski definition) is 1. The van der Waals surface area contributed by atoms with Gasteiger partial charge in [0.1, 0.15) is 0 Å². The Hall–Kier alpha value is -3.77. The molecular formula is C30H30F2N2O2. The first kappa shape index (κ1) is 25.3. The molecule has 186 valence electrons. The average molecular weight is 489 g/mol. The number of nitrogens with zero attached hydrogens (tertiary/aromatic N) is 1. The molecule has 1 unspecified atom stereocenters. The zero-order valence-electron chi connectivity index (χ0n) is 20.7. The molecule has 0 amide bonds. The number of methoxy groups -OCH3 is 2. The van der Waals surface area contributed by atoms with Crippen molar-refractivity contribution in [3.8, 4) is 11.5 Å². The van der Waals surface area contributed by atoms with Crippen LogP contribution >= 0.6 is 0 Å². The van der Waals surface area contributed by atoms with Gasteiger partial charge in [0.05, 0.1) is 25.5 Å².